The Balaban J connectivity index is 1.44. The van der Waals surface area contributed by atoms with E-state index in [1.807, 2.05) is 0 Å². The second-order valence-corrected chi connectivity index (χ2v) is 7.59. The van der Waals surface area contributed by atoms with Gasteiger partial charge < -0.3 is 9.72 Å². The molecule has 34 heavy (non-hydrogen) atoms. The third-order valence-corrected chi connectivity index (χ3v) is 5.33. The van der Waals surface area contributed by atoms with E-state index in [2.05, 4.69) is 31.4 Å². The summed E-state index contributed by atoms with van der Waals surface area (Å²) in [4.78, 5) is 40.7. The van der Waals surface area contributed by atoms with Crippen LogP contribution in [0, 0.1) is 4.77 Å². The van der Waals surface area contributed by atoms with E-state index in [1.54, 1.807) is 37.4 Å². The van der Waals surface area contributed by atoms with Crippen molar-refractivity contribution in [3.8, 4) is 5.69 Å². The summed E-state index contributed by atoms with van der Waals surface area (Å²) < 4.78 is 8.18. The van der Waals surface area contributed by atoms with Crippen LogP contribution in [0.5, 0.6) is 0 Å². The summed E-state index contributed by atoms with van der Waals surface area (Å²) in [7, 11) is 1.59. The molecule has 0 saturated heterocycles. The maximum absolute atomic E-state index is 12.8. The van der Waals surface area contributed by atoms with Crippen LogP contribution in [-0.4, -0.2) is 55.3 Å². The van der Waals surface area contributed by atoms with Crippen molar-refractivity contribution in [3.63, 3.8) is 0 Å². The van der Waals surface area contributed by atoms with E-state index in [0.717, 1.165) is 0 Å². The third-order valence-electron chi connectivity index (χ3n) is 5.01. The normalized spacial score (nSPS) is 10.9. The van der Waals surface area contributed by atoms with Gasteiger partial charge in [0.05, 0.1) is 16.6 Å². The summed E-state index contributed by atoms with van der Waals surface area (Å²) in [6.45, 7) is 0.927. The highest BCUT2D eigenvalue weighted by Crippen LogP contribution is 2.11. The first kappa shape index (κ1) is 22.9. The largest absolute Gasteiger partial charge is 0.385 e. The number of nitrogens with one attached hydrogen (secondary N) is 3. The van der Waals surface area contributed by atoms with E-state index >= 15 is 0 Å². The highest BCUT2D eigenvalue weighted by molar-refractivity contribution is 7.71. The van der Waals surface area contributed by atoms with Crippen molar-refractivity contribution in [2.24, 2.45) is 0 Å². The number of hydrazine groups is 1. The Bertz CT molecular complexity index is 1440. The Morgan fingerprint density at radius 2 is 1.79 bits per heavy atom. The van der Waals surface area contributed by atoms with Crippen molar-refractivity contribution in [3.05, 3.63) is 75.0 Å². The van der Waals surface area contributed by atoms with Gasteiger partial charge in [-0.05, 0) is 71.5 Å². The summed E-state index contributed by atoms with van der Waals surface area (Å²) in [5.41, 5.74) is 6.15. The molecule has 2 amide bonds. The van der Waals surface area contributed by atoms with Crippen LogP contribution >= 0.6 is 12.2 Å². The van der Waals surface area contributed by atoms with Crippen LogP contribution in [0.15, 0.2) is 53.6 Å². The molecular weight excluding hydrogens is 460 g/mol. The number of benzene rings is 2. The molecule has 2 aromatic heterocycles. The van der Waals surface area contributed by atoms with Gasteiger partial charge in [-0.25, -0.2) is 4.68 Å². The van der Waals surface area contributed by atoms with E-state index in [9.17, 15) is 14.4 Å². The van der Waals surface area contributed by atoms with Gasteiger partial charge in [0.1, 0.15) is 6.33 Å². The molecule has 4 aromatic rings. The molecule has 0 aliphatic heterocycles. The molecule has 0 bridgehead atoms. The SMILES string of the molecule is COCCCn1c(=S)[nH]c2cc(C(=O)NNC(=O)c3ccc(-n4cnnn4)cc3)ccc2c1=O. The van der Waals surface area contributed by atoms with Crippen molar-refractivity contribution in [1.82, 2.24) is 40.6 Å². The summed E-state index contributed by atoms with van der Waals surface area (Å²) >= 11 is 5.30. The topological polar surface area (TPSA) is 149 Å². The fourth-order valence-electron chi connectivity index (χ4n) is 3.27. The first-order valence-corrected chi connectivity index (χ1v) is 10.6. The minimum absolute atomic E-state index is 0.240. The number of nitrogens with zero attached hydrogens (tertiary/aromatic N) is 5. The monoisotopic (exact) mass is 480 g/mol. The Morgan fingerprint density at radius 1 is 1.09 bits per heavy atom. The van der Waals surface area contributed by atoms with Crippen LogP contribution in [0.25, 0.3) is 16.6 Å². The van der Waals surface area contributed by atoms with Crippen LogP contribution in [0.1, 0.15) is 27.1 Å². The zero-order valence-electron chi connectivity index (χ0n) is 18.0. The van der Waals surface area contributed by atoms with Gasteiger partial charge in [-0.3, -0.25) is 29.8 Å². The summed E-state index contributed by atoms with van der Waals surface area (Å²) in [6.07, 6.45) is 2.07. The first-order chi connectivity index (χ1) is 16.5. The molecule has 13 heteroatoms. The van der Waals surface area contributed by atoms with Gasteiger partial charge in [-0.1, -0.05) is 0 Å². The van der Waals surface area contributed by atoms with Gasteiger partial charge >= 0.3 is 0 Å². The smallest absolute Gasteiger partial charge is 0.269 e. The molecule has 2 heterocycles. The average molecular weight is 481 g/mol. The fraction of sp³-hybridized carbons (Fsp3) is 0.190. The van der Waals surface area contributed by atoms with Crippen LogP contribution in [0.3, 0.4) is 0 Å². The lowest BCUT2D eigenvalue weighted by molar-refractivity contribution is 0.0847. The molecule has 174 valence electrons. The zero-order valence-corrected chi connectivity index (χ0v) is 18.8. The fourth-order valence-corrected chi connectivity index (χ4v) is 3.55. The molecule has 0 radical (unpaired) electrons. The standard InChI is InChI=1S/C21H20N8O4S/c1-33-10-2-9-28-20(32)16-8-5-14(11-17(16)23-21(28)34)19(31)25-24-18(30)13-3-6-15(7-4-13)29-12-22-26-27-29/h3-8,11-12H,2,9-10H2,1H3,(H,23,34)(H,24,30)(H,25,31). The maximum atomic E-state index is 12.8. The Morgan fingerprint density at radius 3 is 2.47 bits per heavy atom. The molecule has 0 fully saturated rings. The molecule has 2 aromatic carbocycles. The molecule has 0 aliphatic carbocycles. The number of rotatable bonds is 7. The molecule has 3 N–H and O–H groups in total. The van der Waals surface area contributed by atoms with E-state index in [1.165, 1.54) is 27.7 Å². The quantitative estimate of drug-likeness (QED) is 0.203. The van der Waals surface area contributed by atoms with Gasteiger partial charge in [-0.2, -0.15) is 0 Å². The van der Waals surface area contributed by atoms with E-state index < -0.39 is 11.8 Å². The molecule has 0 spiro atoms. The minimum Gasteiger partial charge on any atom is -0.385 e. The predicted molar refractivity (Wildman–Crippen MR) is 124 cm³/mol. The van der Waals surface area contributed by atoms with Gasteiger partial charge in [0.25, 0.3) is 17.4 Å². The molecule has 0 aliphatic rings. The Hall–Kier alpha value is -4.23. The number of carbonyl (C=O) groups is 2. The number of ether oxygens (including phenoxy) is 1. The number of aromatic nitrogens is 6. The van der Waals surface area contributed by atoms with Gasteiger partial charge in [0.2, 0.25) is 0 Å². The summed E-state index contributed by atoms with van der Waals surface area (Å²) in [6, 6.07) is 11.0. The van der Waals surface area contributed by atoms with Gasteiger partial charge in [0, 0.05) is 31.4 Å². The number of H-pyrrole nitrogens is 1. The van der Waals surface area contributed by atoms with Crippen LogP contribution < -0.4 is 16.4 Å². The minimum atomic E-state index is -0.552. The highest BCUT2D eigenvalue weighted by Gasteiger charge is 2.12. The highest BCUT2D eigenvalue weighted by atomic mass is 32.1. The molecule has 4 rings (SSSR count). The lowest BCUT2D eigenvalue weighted by atomic mass is 10.1. The number of fused-ring (bicyclic) bond motifs is 1. The van der Waals surface area contributed by atoms with E-state index in [4.69, 9.17) is 17.0 Å². The Labute approximate surface area is 197 Å². The zero-order chi connectivity index (χ0) is 24.1. The molecular formula is C21H20N8O4S. The van der Waals surface area contributed by atoms with Crippen molar-refractivity contribution >= 4 is 34.9 Å². The van der Waals surface area contributed by atoms with Crippen LogP contribution in [0.2, 0.25) is 0 Å². The number of aromatic amines is 1. The van der Waals surface area contributed by atoms with Crippen LogP contribution in [-0.2, 0) is 11.3 Å². The summed E-state index contributed by atoms with van der Waals surface area (Å²) in [5.74, 6) is -1.06. The number of carbonyl (C=O) groups excluding carboxylic acids is 2. The molecule has 12 nitrogen and oxygen atoms in total. The van der Waals surface area contributed by atoms with E-state index in [0.29, 0.717) is 41.7 Å². The van der Waals surface area contributed by atoms with Gasteiger partial charge in [-0.15, -0.1) is 5.10 Å². The second kappa shape index (κ2) is 10.1. The number of hydrogen-bond acceptors (Lipinski definition) is 8. The number of methoxy groups -OCH3 is 1. The number of tetrazole rings is 1. The lowest BCUT2D eigenvalue weighted by Crippen LogP contribution is -2.41. The molecule has 0 unspecified atom stereocenters. The summed E-state index contributed by atoms with van der Waals surface area (Å²) in [5, 5.41) is 11.3. The van der Waals surface area contributed by atoms with Crippen molar-refractivity contribution in [2.45, 2.75) is 13.0 Å². The maximum Gasteiger partial charge on any atom is 0.269 e. The van der Waals surface area contributed by atoms with Crippen molar-refractivity contribution in [1.29, 1.82) is 0 Å². The number of amides is 2. The first-order valence-electron chi connectivity index (χ1n) is 10.2. The van der Waals surface area contributed by atoms with Crippen molar-refractivity contribution < 1.29 is 14.3 Å². The molecule has 0 saturated carbocycles. The third kappa shape index (κ3) is 4.89. The Kier molecular flexibility index (Phi) is 6.85. The van der Waals surface area contributed by atoms with Crippen molar-refractivity contribution in [2.75, 3.05) is 13.7 Å². The molecule has 0 atom stereocenters. The van der Waals surface area contributed by atoms with Gasteiger partial charge in [0.15, 0.2) is 4.77 Å². The predicted octanol–water partition coefficient (Wildman–Crippen LogP) is 1.15. The average Bonchev–Trinajstić information content (AvgIpc) is 3.39. The van der Waals surface area contributed by atoms with Crippen LogP contribution in [0.4, 0.5) is 0 Å². The lowest BCUT2D eigenvalue weighted by Gasteiger charge is -2.10. The van der Waals surface area contributed by atoms with E-state index in [-0.39, 0.29) is 15.9 Å². The number of hydrogen-bond donors (Lipinski definition) is 3. The second-order valence-electron chi connectivity index (χ2n) is 7.20.